The van der Waals surface area contributed by atoms with Gasteiger partial charge in [-0.05, 0) is 37.3 Å². The molecular weight excluding hydrogens is 188 g/mol. The highest BCUT2D eigenvalue weighted by atomic mass is 16.3. The zero-order chi connectivity index (χ0) is 11.3. The number of para-hydroxylation sites is 1. The van der Waals surface area contributed by atoms with E-state index in [9.17, 15) is 9.90 Å². The molecule has 0 aromatic heterocycles. The third kappa shape index (κ3) is 3.39. The number of aromatic hydroxyl groups is 1. The lowest BCUT2D eigenvalue weighted by molar-refractivity contribution is -0.117. The molecule has 0 saturated heterocycles. The van der Waals surface area contributed by atoms with Crippen LogP contribution in [0.1, 0.15) is 44.6 Å². The Bertz CT molecular complexity index is 331. The van der Waals surface area contributed by atoms with Crippen molar-refractivity contribution in [3.63, 3.8) is 0 Å². The van der Waals surface area contributed by atoms with E-state index in [1.54, 1.807) is 13.0 Å². The van der Waals surface area contributed by atoms with Gasteiger partial charge in [-0.25, -0.2) is 0 Å². The molecule has 2 heteroatoms. The van der Waals surface area contributed by atoms with Gasteiger partial charge in [-0.15, -0.1) is 0 Å². The quantitative estimate of drug-likeness (QED) is 0.802. The Morgan fingerprint density at radius 1 is 1.40 bits per heavy atom. The molecule has 1 unspecified atom stereocenters. The molecule has 82 valence electrons. The Kier molecular flexibility index (Phi) is 4.35. The molecule has 0 aliphatic heterocycles. The maximum Gasteiger partial charge on any atom is 0.129 e. The predicted molar refractivity (Wildman–Crippen MR) is 61.1 cm³/mol. The van der Waals surface area contributed by atoms with E-state index in [1.165, 1.54) is 0 Å². The largest absolute Gasteiger partial charge is 0.508 e. The van der Waals surface area contributed by atoms with Crippen LogP contribution in [0.4, 0.5) is 0 Å². The fourth-order valence-corrected chi connectivity index (χ4v) is 1.79. The van der Waals surface area contributed by atoms with E-state index in [0.29, 0.717) is 12.2 Å². The maximum absolute atomic E-state index is 10.9. The van der Waals surface area contributed by atoms with Crippen LogP contribution in [0.3, 0.4) is 0 Å². The molecule has 1 atom stereocenters. The molecule has 2 nitrogen and oxygen atoms in total. The van der Waals surface area contributed by atoms with Crippen molar-refractivity contribution in [2.24, 2.45) is 0 Å². The third-order valence-electron chi connectivity index (χ3n) is 2.71. The topological polar surface area (TPSA) is 37.3 Å². The fraction of sp³-hybridized carbons (Fsp3) is 0.462. The summed E-state index contributed by atoms with van der Waals surface area (Å²) in [6, 6.07) is 7.37. The van der Waals surface area contributed by atoms with Gasteiger partial charge < -0.3 is 9.90 Å². The first-order chi connectivity index (χ1) is 7.15. The van der Waals surface area contributed by atoms with Crippen molar-refractivity contribution in [2.75, 3.05) is 0 Å². The molecule has 1 N–H and O–H groups in total. The van der Waals surface area contributed by atoms with Crippen LogP contribution in [-0.2, 0) is 4.79 Å². The van der Waals surface area contributed by atoms with Crippen LogP contribution in [0.25, 0.3) is 0 Å². The van der Waals surface area contributed by atoms with E-state index < -0.39 is 0 Å². The van der Waals surface area contributed by atoms with Crippen LogP contribution in [0.5, 0.6) is 5.75 Å². The second kappa shape index (κ2) is 5.54. The first-order valence-corrected chi connectivity index (χ1v) is 5.42. The predicted octanol–water partition coefficient (Wildman–Crippen LogP) is 3.26. The fourth-order valence-electron chi connectivity index (χ4n) is 1.79. The summed E-state index contributed by atoms with van der Waals surface area (Å²) in [5, 5.41) is 9.69. The van der Waals surface area contributed by atoms with E-state index in [1.807, 2.05) is 18.2 Å². The van der Waals surface area contributed by atoms with E-state index in [2.05, 4.69) is 6.92 Å². The number of carbonyl (C=O) groups excluding carboxylic acids is 1. The second-order valence-corrected chi connectivity index (χ2v) is 3.90. The number of Topliss-reactive ketones (excluding diaryl/α,β-unsaturated/α-hetero) is 1. The lowest BCUT2D eigenvalue weighted by Crippen LogP contribution is -2.01. The SMILES string of the molecule is CCC(CCC(C)=O)c1ccccc1O. The number of phenolic OH excluding ortho intramolecular Hbond substituents is 1. The first kappa shape index (κ1) is 11.8. The Hall–Kier alpha value is -1.31. The molecule has 1 aromatic carbocycles. The smallest absolute Gasteiger partial charge is 0.129 e. The second-order valence-electron chi connectivity index (χ2n) is 3.90. The van der Waals surface area contributed by atoms with Crippen molar-refractivity contribution in [2.45, 2.75) is 39.0 Å². The zero-order valence-electron chi connectivity index (χ0n) is 9.36. The van der Waals surface area contributed by atoms with Gasteiger partial charge in [0.15, 0.2) is 0 Å². The van der Waals surface area contributed by atoms with Crippen LogP contribution in [-0.4, -0.2) is 10.9 Å². The average Bonchev–Trinajstić information content (AvgIpc) is 2.21. The number of hydrogen-bond acceptors (Lipinski definition) is 2. The Balaban J connectivity index is 2.74. The Morgan fingerprint density at radius 3 is 2.60 bits per heavy atom. The van der Waals surface area contributed by atoms with E-state index in [4.69, 9.17) is 0 Å². The summed E-state index contributed by atoms with van der Waals surface area (Å²) in [5.41, 5.74) is 0.959. The van der Waals surface area contributed by atoms with Gasteiger partial charge in [0.1, 0.15) is 11.5 Å². The van der Waals surface area contributed by atoms with Crippen molar-refractivity contribution in [3.8, 4) is 5.75 Å². The van der Waals surface area contributed by atoms with Gasteiger partial charge in [-0.1, -0.05) is 25.1 Å². The van der Waals surface area contributed by atoms with E-state index in [-0.39, 0.29) is 11.7 Å². The highest BCUT2D eigenvalue weighted by molar-refractivity contribution is 5.75. The monoisotopic (exact) mass is 206 g/mol. The van der Waals surface area contributed by atoms with Crippen LogP contribution < -0.4 is 0 Å². The number of ketones is 1. The first-order valence-electron chi connectivity index (χ1n) is 5.42. The summed E-state index contributed by atoms with van der Waals surface area (Å²) < 4.78 is 0. The summed E-state index contributed by atoms with van der Waals surface area (Å²) in [7, 11) is 0. The molecule has 0 spiro atoms. The average molecular weight is 206 g/mol. The Morgan fingerprint density at radius 2 is 2.07 bits per heavy atom. The number of benzene rings is 1. The van der Waals surface area contributed by atoms with Crippen molar-refractivity contribution in [1.29, 1.82) is 0 Å². The van der Waals surface area contributed by atoms with Crippen LogP contribution >= 0.6 is 0 Å². The molecule has 1 aromatic rings. The summed E-state index contributed by atoms with van der Waals surface area (Å²) in [5.74, 6) is 0.840. The standard InChI is InChI=1S/C13H18O2/c1-3-11(9-8-10(2)14)12-6-4-5-7-13(12)15/h4-7,11,15H,3,8-9H2,1-2H3. The van der Waals surface area contributed by atoms with Crippen LogP contribution in [0.2, 0.25) is 0 Å². The van der Waals surface area contributed by atoms with Crippen molar-refractivity contribution in [1.82, 2.24) is 0 Å². The van der Waals surface area contributed by atoms with E-state index in [0.717, 1.165) is 18.4 Å². The lowest BCUT2D eigenvalue weighted by Gasteiger charge is -2.15. The van der Waals surface area contributed by atoms with Gasteiger partial charge in [-0.3, -0.25) is 0 Å². The molecule has 1 rings (SSSR count). The van der Waals surface area contributed by atoms with Gasteiger partial charge in [0.25, 0.3) is 0 Å². The minimum atomic E-state index is 0.212. The maximum atomic E-state index is 10.9. The molecule has 0 fully saturated rings. The number of carbonyl (C=O) groups is 1. The normalized spacial score (nSPS) is 12.4. The van der Waals surface area contributed by atoms with Gasteiger partial charge in [0, 0.05) is 6.42 Å². The van der Waals surface area contributed by atoms with Gasteiger partial charge in [0.05, 0.1) is 0 Å². The number of hydrogen-bond donors (Lipinski definition) is 1. The minimum absolute atomic E-state index is 0.212. The molecule has 0 saturated carbocycles. The summed E-state index contributed by atoms with van der Waals surface area (Å²) >= 11 is 0. The molecule has 0 aliphatic carbocycles. The van der Waals surface area contributed by atoms with Crippen molar-refractivity contribution < 1.29 is 9.90 Å². The van der Waals surface area contributed by atoms with E-state index >= 15 is 0 Å². The Labute approximate surface area is 90.9 Å². The van der Waals surface area contributed by atoms with Gasteiger partial charge >= 0.3 is 0 Å². The van der Waals surface area contributed by atoms with Crippen molar-refractivity contribution in [3.05, 3.63) is 29.8 Å². The lowest BCUT2D eigenvalue weighted by atomic mass is 9.90. The number of rotatable bonds is 5. The number of phenols is 1. The van der Waals surface area contributed by atoms with Crippen molar-refractivity contribution >= 4 is 5.78 Å². The molecular formula is C13H18O2. The van der Waals surface area contributed by atoms with Gasteiger partial charge in [0.2, 0.25) is 0 Å². The van der Waals surface area contributed by atoms with Crippen LogP contribution in [0, 0.1) is 0 Å². The molecule has 0 bridgehead atoms. The third-order valence-corrected chi connectivity index (χ3v) is 2.71. The highest BCUT2D eigenvalue weighted by Gasteiger charge is 2.13. The summed E-state index contributed by atoms with van der Waals surface area (Å²) in [4.78, 5) is 10.9. The molecule has 0 aliphatic rings. The molecule has 0 radical (unpaired) electrons. The molecule has 0 amide bonds. The summed E-state index contributed by atoms with van der Waals surface area (Å²) in [6.45, 7) is 3.69. The molecule has 0 heterocycles. The zero-order valence-corrected chi connectivity index (χ0v) is 9.36. The van der Waals surface area contributed by atoms with Crippen LogP contribution in [0.15, 0.2) is 24.3 Å². The highest BCUT2D eigenvalue weighted by Crippen LogP contribution is 2.31. The minimum Gasteiger partial charge on any atom is -0.508 e. The van der Waals surface area contributed by atoms with Gasteiger partial charge in [-0.2, -0.15) is 0 Å². The molecule has 15 heavy (non-hydrogen) atoms. The summed E-state index contributed by atoms with van der Waals surface area (Å²) in [6.07, 6.45) is 2.36.